The maximum Gasteiger partial charge on any atom is 0.326 e. The standard InChI is InChI=1S/C13H20N2O3S/c1-2-3-4-11(12(16)17)15-13(18)14-7-5-10-6-8-19-9-10/h6,8-9,11H,2-5,7H2,1H3,(H,16,17)(H2,14,15,18)/t11-/m0/s1. The SMILES string of the molecule is CCCC[C@H](NC(=O)NCCc1ccsc1)C(=O)O. The van der Waals surface area contributed by atoms with Crippen molar-refractivity contribution >= 4 is 23.3 Å². The van der Waals surface area contributed by atoms with E-state index in [1.807, 2.05) is 23.8 Å². The van der Waals surface area contributed by atoms with Gasteiger partial charge in [0.1, 0.15) is 6.04 Å². The number of urea groups is 1. The molecule has 0 bridgehead atoms. The third-order valence-corrected chi connectivity index (χ3v) is 3.46. The van der Waals surface area contributed by atoms with Gasteiger partial charge in [-0.25, -0.2) is 9.59 Å². The summed E-state index contributed by atoms with van der Waals surface area (Å²) in [4.78, 5) is 22.5. The highest BCUT2D eigenvalue weighted by Crippen LogP contribution is 2.05. The van der Waals surface area contributed by atoms with Gasteiger partial charge in [0.25, 0.3) is 0 Å². The predicted molar refractivity (Wildman–Crippen MR) is 75.5 cm³/mol. The Kier molecular flexibility index (Phi) is 6.95. The Bertz CT molecular complexity index is 393. The van der Waals surface area contributed by atoms with Crippen LogP contribution in [-0.2, 0) is 11.2 Å². The minimum Gasteiger partial charge on any atom is -0.480 e. The molecule has 0 saturated carbocycles. The second-order valence-electron chi connectivity index (χ2n) is 4.31. The molecule has 0 spiro atoms. The Balaban J connectivity index is 2.25. The highest BCUT2D eigenvalue weighted by atomic mass is 32.1. The third-order valence-electron chi connectivity index (χ3n) is 2.73. The molecule has 0 saturated heterocycles. The number of rotatable bonds is 8. The van der Waals surface area contributed by atoms with Crippen LogP contribution in [0, 0.1) is 0 Å². The minimum absolute atomic E-state index is 0.418. The number of carboxylic acid groups (broad SMARTS) is 1. The maximum absolute atomic E-state index is 11.6. The Morgan fingerprint density at radius 2 is 2.26 bits per heavy atom. The van der Waals surface area contributed by atoms with Gasteiger partial charge in [-0.15, -0.1) is 0 Å². The molecular weight excluding hydrogens is 264 g/mol. The Hall–Kier alpha value is -1.56. The number of thiophene rings is 1. The van der Waals surface area contributed by atoms with Crippen LogP contribution in [0.15, 0.2) is 16.8 Å². The lowest BCUT2D eigenvalue weighted by Crippen LogP contribution is -2.46. The van der Waals surface area contributed by atoms with Crippen LogP contribution in [0.1, 0.15) is 31.7 Å². The number of hydrogen-bond acceptors (Lipinski definition) is 3. The van der Waals surface area contributed by atoms with Crippen molar-refractivity contribution in [2.24, 2.45) is 0 Å². The fourth-order valence-corrected chi connectivity index (χ4v) is 2.33. The first-order valence-electron chi connectivity index (χ1n) is 6.41. The van der Waals surface area contributed by atoms with E-state index in [-0.39, 0.29) is 0 Å². The maximum atomic E-state index is 11.6. The highest BCUT2D eigenvalue weighted by molar-refractivity contribution is 7.07. The fraction of sp³-hybridized carbons (Fsp3) is 0.538. The number of carbonyl (C=O) groups is 2. The molecule has 1 aromatic rings. The van der Waals surface area contributed by atoms with Crippen molar-refractivity contribution in [2.45, 2.75) is 38.6 Å². The van der Waals surface area contributed by atoms with Gasteiger partial charge in [-0.05, 0) is 35.2 Å². The molecule has 1 rings (SSSR count). The van der Waals surface area contributed by atoms with Gasteiger partial charge >= 0.3 is 12.0 Å². The van der Waals surface area contributed by atoms with Crippen LogP contribution in [-0.4, -0.2) is 29.7 Å². The molecule has 1 aromatic heterocycles. The van der Waals surface area contributed by atoms with E-state index in [2.05, 4.69) is 10.6 Å². The van der Waals surface area contributed by atoms with E-state index in [9.17, 15) is 9.59 Å². The third kappa shape index (κ3) is 6.24. The summed E-state index contributed by atoms with van der Waals surface area (Å²) in [5, 5.41) is 18.2. The summed E-state index contributed by atoms with van der Waals surface area (Å²) in [5.74, 6) is -0.985. The molecule has 0 fully saturated rings. The first-order valence-corrected chi connectivity index (χ1v) is 7.36. The molecule has 0 aliphatic carbocycles. The first-order chi connectivity index (χ1) is 9.13. The zero-order chi connectivity index (χ0) is 14.1. The highest BCUT2D eigenvalue weighted by Gasteiger charge is 2.18. The number of hydrogen-bond donors (Lipinski definition) is 3. The van der Waals surface area contributed by atoms with Crippen molar-refractivity contribution in [1.82, 2.24) is 10.6 Å². The van der Waals surface area contributed by atoms with Crippen molar-refractivity contribution in [3.8, 4) is 0 Å². The zero-order valence-electron chi connectivity index (χ0n) is 11.0. The molecular formula is C13H20N2O3S. The second-order valence-corrected chi connectivity index (χ2v) is 5.09. The predicted octanol–water partition coefficient (Wildman–Crippen LogP) is 2.23. The molecule has 19 heavy (non-hydrogen) atoms. The molecule has 6 heteroatoms. The smallest absolute Gasteiger partial charge is 0.326 e. The van der Waals surface area contributed by atoms with Crippen molar-refractivity contribution in [2.75, 3.05) is 6.54 Å². The molecule has 0 aliphatic heterocycles. The molecule has 1 atom stereocenters. The number of aliphatic carboxylic acids is 1. The molecule has 0 unspecified atom stereocenters. The molecule has 5 nitrogen and oxygen atoms in total. The Morgan fingerprint density at radius 1 is 1.47 bits per heavy atom. The van der Waals surface area contributed by atoms with Crippen LogP contribution in [0.2, 0.25) is 0 Å². The van der Waals surface area contributed by atoms with Crippen molar-refractivity contribution in [3.05, 3.63) is 22.4 Å². The summed E-state index contributed by atoms with van der Waals surface area (Å²) in [6.07, 6.45) is 2.91. The van der Waals surface area contributed by atoms with Gasteiger partial charge in [-0.3, -0.25) is 0 Å². The molecule has 2 amide bonds. The van der Waals surface area contributed by atoms with Crippen LogP contribution in [0.3, 0.4) is 0 Å². The topological polar surface area (TPSA) is 78.4 Å². The van der Waals surface area contributed by atoms with Crippen molar-refractivity contribution < 1.29 is 14.7 Å². The van der Waals surface area contributed by atoms with Crippen molar-refractivity contribution in [1.29, 1.82) is 0 Å². The second kappa shape index (κ2) is 8.53. The molecule has 0 radical (unpaired) electrons. The normalized spacial score (nSPS) is 11.8. The molecule has 0 aromatic carbocycles. The molecule has 3 N–H and O–H groups in total. The number of carbonyl (C=O) groups excluding carboxylic acids is 1. The van der Waals surface area contributed by atoms with Crippen LogP contribution in [0.5, 0.6) is 0 Å². The number of unbranched alkanes of at least 4 members (excludes halogenated alkanes) is 1. The van der Waals surface area contributed by atoms with Crippen LogP contribution in [0.4, 0.5) is 4.79 Å². The van der Waals surface area contributed by atoms with Crippen molar-refractivity contribution in [3.63, 3.8) is 0 Å². The quantitative estimate of drug-likeness (QED) is 0.685. The van der Waals surface area contributed by atoms with Gasteiger partial charge in [0.2, 0.25) is 0 Å². The van der Waals surface area contributed by atoms with E-state index in [1.165, 1.54) is 5.56 Å². The van der Waals surface area contributed by atoms with Crippen LogP contribution < -0.4 is 10.6 Å². The minimum atomic E-state index is -0.985. The van der Waals surface area contributed by atoms with E-state index in [0.29, 0.717) is 13.0 Å². The largest absolute Gasteiger partial charge is 0.480 e. The lowest BCUT2D eigenvalue weighted by Gasteiger charge is -2.14. The van der Waals surface area contributed by atoms with Gasteiger partial charge in [0, 0.05) is 6.54 Å². The van der Waals surface area contributed by atoms with Crippen LogP contribution in [0.25, 0.3) is 0 Å². The van der Waals surface area contributed by atoms with E-state index in [1.54, 1.807) is 11.3 Å². The first kappa shape index (κ1) is 15.5. The molecule has 0 aliphatic rings. The fourth-order valence-electron chi connectivity index (χ4n) is 1.63. The monoisotopic (exact) mass is 284 g/mol. The lowest BCUT2D eigenvalue weighted by molar-refractivity contribution is -0.139. The lowest BCUT2D eigenvalue weighted by atomic mass is 10.1. The van der Waals surface area contributed by atoms with E-state index in [0.717, 1.165) is 19.3 Å². The van der Waals surface area contributed by atoms with Gasteiger partial charge in [0.15, 0.2) is 0 Å². The van der Waals surface area contributed by atoms with Gasteiger partial charge < -0.3 is 15.7 Å². The summed E-state index contributed by atoms with van der Waals surface area (Å²) in [5.41, 5.74) is 1.17. The summed E-state index contributed by atoms with van der Waals surface area (Å²) < 4.78 is 0. The molecule has 1 heterocycles. The summed E-state index contributed by atoms with van der Waals surface area (Å²) in [7, 11) is 0. The van der Waals surface area contributed by atoms with Gasteiger partial charge in [-0.2, -0.15) is 11.3 Å². The molecule has 106 valence electrons. The average molecular weight is 284 g/mol. The average Bonchev–Trinajstić information content (AvgIpc) is 2.87. The zero-order valence-corrected chi connectivity index (χ0v) is 11.8. The number of nitrogens with one attached hydrogen (secondary N) is 2. The summed E-state index contributed by atoms with van der Waals surface area (Å²) in [6, 6.07) is 0.783. The Morgan fingerprint density at radius 3 is 2.84 bits per heavy atom. The van der Waals surface area contributed by atoms with Crippen LogP contribution >= 0.6 is 11.3 Å². The Labute approximate surface area is 117 Å². The van der Waals surface area contributed by atoms with E-state index < -0.39 is 18.0 Å². The number of carboxylic acids is 1. The summed E-state index contributed by atoms with van der Waals surface area (Å²) in [6.45, 7) is 2.49. The van der Waals surface area contributed by atoms with E-state index >= 15 is 0 Å². The van der Waals surface area contributed by atoms with Gasteiger partial charge in [0.05, 0.1) is 0 Å². The summed E-state index contributed by atoms with van der Waals surface area (Å²) >= 11 is 1.62. The van der Waals surface area contributed by atoms with Gasteiger partial charge in [-0.1, -0.05) is 19.8 Å². The number of amides is 2. The van der Waals surface area contributed by atoms with E-state index in [4.69, 9.17) is 5.11 Å².